The first-order chi connectivity index (χ1) is 9.01. The van der Waals surface area contributed by atoms with Crippen LogP contribution in [0.3, 0.4) is 0 Å². The second kappa shape index (κ2) is 5.52. The zero-order valence-electron chi connectivity index (χ0n) is 10.8. The van der Waals surface area contributed by atoms with E-state index in [-0.39, 0.29) is 12.5 Å². The van der Waals surface area contributed by atoms with E-state index in [2.05, 4.69) is 15.3 Å². The van der Waals surface area contributed by atoms with Crippen LogP contribution in [-0.4, -0.2) is 32.8 Å². The molecule has 1 saturated heterocycles. The van der Waals surface area contributed by atoms with E-state index in [0.29, 0.717) is 23.1 Å². The second-order valence-corrected chi connectivity index (χ2v) is 4.85. The van der Waals surface area contributed by atoms with Crippen molar-refractivity contribution in [2.24, 2.45) is 0 Å². The molecule has 102 valence electrons. The highest BCUT2D eigenvalue weighted by Gasteiger charge is 2.37. The Balaban J connectivity index is 2.14. The molecule has 7 heteroatoms. The van der Waals surface area contributed by atoms with E-state index in [1.807, 2.05) is 6.92 Å². The smallest absolute Gasteiger partial charge is 0.325 e. The molecule has 6 nitrogen and oxygen atoms in total. The number of hydrogen-bond donors (Lipinski definition) is 1. The fraction of sp³-hybridized carbons (Fsp3) is 0.500. The molecule has 1 fully saturated rings. The van der Waals surface area contributed by atoms with Crippen LogP contribution in [-0.2, 0) is 11.3 Å². The maximum Gasteiger partial charge on any atom is 0.325 e. The Morgan fingerprint density at radius 1 is 1.42 bits per heavy atom. The molecule has 1 aliphatic heterocycles. The molecule has 0 aliphatic carbocycles. The van der Waals surface area contributed by atoms with Crippen molar-refractivity contribution in [1.29, 1.82) is 0 Å². The lowest BCUT2D eigenvalue weighted by Gasteiger charge is -2.12. The third kappa shape index (κ3) is 3.01. The van der Waals surface area contributed by atoms with Gasteiger partial charge in [-0.25, -0.2) is 14.8 Å². The Bertz CT molecular complexity index is 500. The maximum absolute atomic E-state index is 12.0. The Labute approximate surface area is 116 Å². The van der Waals surface area contributed by atoms with Gasteiger partial charge in [-0.05, 0) is 19.4 Å². The van der Waals surface area contributed by atoms with E-state index in [1.54, 1.807) is 13.0 Å². The lowest BCUT2D eigenvalue weighted by molar-refractivity contribution is -0.128. The Morgan fingerprint density at radius 2 is 2.16 bits per heavy atom. The number of imide groups is 1. The summed E-state index contributed by atoms with van der Waals surface area (Å²) in [6.07, 6.45) is 1.47. The molecule has 2 heterocycles. The topological polar surface area (TPSA) is 75.2 Å². The first-order valence-corrected chi connectivity index (χ1v) is 6.51. The van der Waals surface area contributed by atoms with Crippen molar-refractivity contribution in [3.8, 4) is 0 Å². The molecule has 0 bridgehead atoms. The van der Waals surface area contributed by atoms with Gasteiger partial charge in [0.1, 0.15) is 17.0 Å². The number of carbonyl (C=O) groups excluding carboxylic acids is 2. The highest BCUT2D eigenvalue weighted by atomic mass is 35.5. The predicted octanol–water partition coefficient (Wildman–Crippen LogP) is 1.66. The van der Waals surface area contributed by atoms with E-state index in [9.17, 15) is 9.59 Å². The van der Waals surface area contributed by atoms with Gasteiger partial charge < -0.3 is 5.32 Å². The molecule has 1 unspecified atom stereocenters. The van der Waals surface area contributed by atoms with Gasteiger partial charge >= 0.3 is 6.03 Å². The van der Waals surface area contributed by atoms with Gasteiger partial charge in [-0.1, -0.05) is 24.9 Å². The van der Waals surface area contributed by atoms with E-state index in [4.69, 9.17) is 11.6 Å². The summed E-state index contributed by atoms with van der Waals surface area (Å²) in [5.74, 6) is 0.138. The summed E-state index contributed by atoms with van der Waals surface area (Å²) < 4.78 is 0. The summed E-state index contributed by atoms with van der Waals surface area (Å²) in [4.78, 5) is 33.1. The van der Waals surface area contributed by atoms with Crippen LogP contribution in [0.15, 0.2) is 6.07 Å². The number of aromatic nitrogens is 2. The number of nitrogens with one attached hydrogen (secondary N) is 1. The predicted molar refractivity (Wildman–Crippen MR) is 69.6 cm³/mol. The molecule has 0 radical (unpaired) electrons. The van der Waals surface area contributed by atoms with Crippen LogP contribution in [0, 0.1) is 6.92 Å². The van der Waals surface area contributed by atoms with Gasteiger partial charge in [0.05, 0.1) is 6.54 Å². The summed E-state index contributed by atoms with van der Waals surface area (Å²) >= 11 is 5.83. The molecular formula is C12H15ClN4O2. The van der Waals surface area contributed by atoms with Gasteiger partial charge in [0, 0.05) is 5.69 Å². The summed E-state index contributed by atoms with van der Waals surface area (Å²) in [7, 11) is 0. The van der Waals surface area contributed by atoms with Crippen LogP contribution in [0.1, 0.15) is 31.3 Å². The minimum Gasteiger partial charge on any atom is -0.326 e. The van der Waals surface area contributed by atoms with Gasteiger partial charge in [0.15, 0.2) is 0 Å². The minimum absolute atomic E-state index is 0.0479. The van der Waals surface area contributed by atoms with Crippen molar-refractivity contribution in [3.63, 3.8) is 0 Å². The highest BCUT2D eigenvalue weighted by Crippen LogP contribution is 2.14. The Kier molecular flexibility index (Phi) is 3.99. The molecule has 1 atom stereocenters. The number of aryl methyl sites for hydroxylation is 1. The van der Waals surface area contributed by atoms with Crippen LogP contribution >= 0.6 is 11.6 Å². The standard InChI is InChI=1S/C12H15ClN4O2/c1-3-4-8-11(18)17(12(19)15-8)6-10-14-7(2)5-9(13)16-10/h5,8H,3-4,6H2,1-2H3,(H,15,19). The lowest BCUT2D eigenvalue weighted by atomic mass is 10.2. The van der Waals surface area contributed by atoms with Crippen LogP contribution < -0.4 is 5.32 Å². The number of urea groups is 1. The molecule has 0 aromatic carbocycles. The molecule has 19 heavy (non-hydrogen) atoms. The van der Waals surface area contributed by atoms with E-state index in [0.717, 1.165) is 11.3 Å². The highest BCUT2D eigenvalue weighted by molar-refractivity contribution is 6.29. The van der Waals surface area contributed by atoms with Crippen molar-refractivity contribution >= 4 is 23.5 Å². The largest absolute Gasteiger partial charge is 0.326 e. The van der Waals surface area contributed by atoms with Crippen LogP contribution in [0.25, 0.3) is 0 Å². The first kappa shape index (κ1) is 13.7. The maximum atomic E-state index is 12.0. The molecular weight excluding hydrogens is 268 g/mol. The van der Waals surface area contributed by atoms with Gasteiger partial charge in [0.2, 0.25) is 0 Å². The number of hydrogen-bond acceptors (Lipinski definition) is 4. The number of amides is 3. The quantitative estimate of drug-likeness (QED) is 0.673. The third-order valence-electron chi connectivity index (χ3n) is 2.85. The fourth-order valence-electron chi connectivity index (χ4n) is 2.01. The summed E-state index contributed by atoms with van der Waals surface area (Å²) in [6, 6.07) is 0.791. The Morgan fingerprint density at radius 3 is 2.79 bits per heavy atom. The van der Waals surface area contributed by atoms with Gasteiger partial charge in [-0.15, -0.1) is 0 Å². The number of halogens is 1. The zero-order chi connectivity index (χ0) is 14.0. The van der Waals surface area contributed by atoms with E-state index < -0.39 is 12.1 Å². The molecule has 2 rings (SSSR count). The van der Waals surface area contributed by atoms with E-state index >= 15 is 0 Å². The van der Waals surface area contributed by atoms with Crippen LogP contribution in [0.2, 0.25) is 5.15 Å². The van der Waals surface area contributed by atoms with Crippen molar-refractivity contribution in [3.05, 3.63) is 22.7 Å². The normalized spacial score (nSPS) is 18.9. The van der Waals surface area contributed by atoms with E-state index in [1.165, 1.54) is 0 Å². The molecule has 1 aliphatic rings. The number of carbonyl (C=O) groups is 2. The zero-order valence-corrected chi connectivity index (χ0v) is 11.6. The summed E-state index contributed by atoms with van der Waals surface area (Å²) in [5.41, 5.74) is 0.701. The second-order valence-electron chi connectivity index (χ2n) is 4.46. The molecule has 0 saturated carbocycles. The van der Waals surface area contributed by atoms with Crippen molar-refractivity contribution in [2.45, 2.75) is 39.3 Å². The third-order valence-corrected chi connectivity index (χ3v) is 3.05. The number of rotatable bonds is 4. The average molecular weight is 283 g/mol. The number of nitrogens with zero attached hydrogens (tertiary/aromatic N) is 3. The van der Waals surface area contributed by atoms with Crippen molar-refractivity contribution in [1.82, 2.24) is 20.2 Å². The molecule has 1 aromatic heterocycles. The first-order valence-electron chi connectivity index (χ1n) is 6.13. The Hall–Kier alpha value is -1.69. The minimum atomic E-state index is -0.433. The average Bonchev–Trinajstić information content (AvgIpc) is 2.56. The SMILES string of the molecule is CCCC1NC(=O)N(Cc2nc(C)cc(Cl)n2)C1=O. The molecule has 1 aromatic rings. The summed E-state index contributed by atoms with van der Waals surface area (Å²) in [5, 5.41) is 2.96. The molecule has 0 spiro atoms. The lowest BCUT2D eigenvalue weighted by Crippen LogP contribution is -2.31. The van der Waals surface area contributed by atoms with Crippen LogP contribution in [0.5, 0.6) is 0 Å². The van der Waals surface area contributed by atoms with Crippen molar-refractivity contribution < 1.29 is 9.59 Å². The van der Waals surface area contributed by atoms with Crippen LogP contribution in [0.4, 0.5) is 4.79 Å². The fourth-order valence-corrected chi connectivity index (χ4v) is 2.27. The monoisotopic (exact) mass is 282 g/mol. The van der Waals surface area contributed by atoms with Gasteiger partial charge in [0.25, 0.3) is 5.91 Å². The van der Waals surface area contributed by atoms with Crippen molar-refractivity contribution in [2.75, 3.05) is 0 Å². The molecule has 1 N–H and O–H groups in total. The summed E-state index contributed by atoms with van der Waals surface area (Å²) in [6.45, 7) is 3.79. The van der Waals surface area contributed by atoms with Gasteiger partial charge in [-0.2, -0.15) is 0 Å². The van der Waals surface area contributed by atoms with Gasteiger partial charge in [-0.3, -0.25) is 9.69 Å². The molecule has 3 amide bonds.